The molecule has 0 saturated carbocycles. The summed E-state index contributed by atoms with van der Waals surface area (Å²) in [5.74, 6) is 0. The van der Waals surface area contributed by atoms with Gasteiger partial charge in [-0.3, -0.25) is 4.90 Å². The van der Waals surface area contributed by atoms with Crippen LogP contribution in [0.4, 0.5) is 0 Å². The molecule has 1 aromatic rings. The van der Waals surface area contributed by atoms with Crippen LogP contribution in [0.2, 0.25) is 4.34 Å². The van der Waals surface area contributed by atoms with Crippen molar-refractivity contribution in [1.29, 1.82) is 0 Å². The molecule has 0 aliphatic carbocycles. The highest BCUT2D eigenvalue weighted by Gasteiger charge is 2.38. The Morgan fingerprint density at radius 1 is 1.42 bits per heavy atom. The minimum Gasteiger partial charge on any atom is -0.326 e. The summed E-state index contributed by atoms with van der Waals surface area (Å²) in [5, 5.41) is 0. The Hall–Kier alpha value is -0.0900. The normalized spacial score (nSPS) is 27.6. The Bertz CT molecular complexity index is 407. The zero-order valence-electron chi connectivity index (χ0n) is 12.1. The average molecular weight is 301 g/mol. The summed E-state index contributed by atoms with van der Waals surface area (Å²) >= 11 is 7.81. The van der Waals surface area contributed by atoms with Crippen molar-refractivity contribution in [1.82, 2.24) is 4.90 Å². The molecule has 1 aliphatic rings. The predicted octanol–water partition coefficient (Wildman–Crippen LogP) is 4.44. The fourth-order valence-corrected chi connectivity index (χ4v) is 4.54. The molecule has 1 aromatic heterocycles. The van der Waals surface area contributed by atoms with Gasteiger partial charge in [-0.25, -0.2) is 0 Å². The van der Waals surface area contributed by atoms with E-state index in [1.54, 1.807) is 11.3 Å². The number of hydrogen-bond donors (Lipinski definition) is 1. The van der Waals surface area contributed by atoms with Crippen molar-refractivity contribution in [2.75, 3.05) is 0 Å². The molecule has 1 fully saturated rings. The van der Waals surface area contributed by atoms with E-state index in [2.05, 4.69) is 31.7 Å². The van der Waals surface area contributed by atoms with Gasteiger partial charge >= 0.3 is 0 Å². The number of halogens is 1. The third-order valence-electron chi connectivity index (χ3n) is 4.40. The van der Waals surface area contributed by atoms with E-state index in [0.717, 1.165) is 10.8 Å². The number of nitrogens with two attached hydrogens (primary N) is 1. The summed E-state index contributed by atoms with van der Waals surface area (Å²) in [4.78, 5) is 3.97. The first-order valence-electron chi connectivity index (χ1n) is 7.36. The maximum Gasteiger partial charge on any atom is 0.0931 e. The van der Waals surface area contributed by atoms with Crippen LogP contribution in [0.3, 0.4) is 0 Å². The molecule has 4 unspecified atom stereocenters. The summed E-state index contributed by atoms with van der Waals surface area (Å²) in [5.41, 5.74) is 6.44. The molecule has 1 aliphatic heterocycles. The van der Waals surface area contributed by atoms with Gasteiger partial charge in [-0.2, -0.15) is 0 Å². The monoisotopic (exact) mass is 300 g/mol. The van der Waals surface area contributed by atoms with E-state index in [0.29, 0.717) is 18.1 Å². The van der Waals surface area contributed by atoms with E-state index in [4.69, 9.17) is 17.3 Å². The SMILES string of the molecule is CCC(N)C(c1ccc(Cl)s1)N1C(C)CCC1CC. The fraction of sp³-hybridized carbons (Fsp3) is 0.733. The lowest BCUT2D eigenvalue weighted by Gasteiger charge is -2.38. The second kappa shape index (κ2) is 6.57. The van der Waals surface area contributed by atoms with Gasteiger partial charge < -0.3 is 5.73 Å². The van der Waals surface area contributed by atoms with Gasteiger partial charge in [0.15, 0.2) is 0 Å². The lowest BCUT2D eigenvalue weighted by Crippen LogP contribution is -2.45. The molecule has 2 N–H and O–H groups in total. The second-order valence-corrected chi connectivity index (χ2v) is 7.34. The maximum atomic E-state index is 6.44. The number of thiophene rings is 1. The molecule has 19 heavy (non-hydrogen) atoms. The first kappa shape index (κ1) is 15.3. The molecule has 0 aromatic carbocycles. The number of rotatable bonds is 5. The molecule has 2 rings (SSSR count). The molecule has 2 nitrogen and oxygen atoms in total. The van der Waals surface area contributed by atoms with Gasteiger partial charge in [0.05, 0.1) is 10.4 Å². The number of hydrogen-bond acceptors (Lipinski definition) is 3. The lowest BCUT2D eigenvalue weighted by atomic mass is 10.0. The molecule has 0 radical (unpaired) electrons. The third kappa shape index (κ3) is 3.15. The van der Waals surface area contributed by atoms with Gasteiger partial charge in [0.2, 0.25) is 0 Å². The zero-order chi connectivity index (χ0) is 14.0. The quantitative estimate of drug-likeness (QED) is 0.871. The van der Waals surface area contributed by atoms with Crippen molar-refractivity contribution in [3.05, 3.63) is 21.3 Å². The van der Waals surface area contributed by atoms with Crippen molar-refractivity contribution in [3.63, 3.8) is 0 Å². The molecule has 2 heterocycles. The Morgan fingerprint density at radius 2 is 2.16 bits per heavy atom. The van der Waals surface area contributed by atoms with Gasteiger partial charge in [0, 0.05) is 23.0 Å². The van der Waals surface area contributed by atoms with E-state index >= 15 is 0 Å². The summed E-state index contributed by atoms with van der Waals surface area (Å²) in [6.45, 7) is 6.79. The Balaban J connectivity index is 2.31. The van der Waals surface area contributed by atoms with Gasteiger partial charge in [-0.05, 0) is 44.7 Å². The van der Waals surface area contributed by atoms with Crippen molar-refractivity contribution in [2.24, 2.45) is 5.73 Å². The highest BCUT2D eigenvalue weighted by molar-refractivity contribution is 7.16. The van der Waals surface area contributed by atoms with E-state index in [-0.39, 0.29) is 6.04 Å². The predicted molar refractivity (Wildman–Crippen MR) is 85.0 cm³/mol. The number of likely N-dealkylation sites (tertiary alicyclic amines) is 1. The van der Waals surface area contributed by atoms with Crippen LogP contribution < -0.4 is 5.73 Å². The smallest absolute Gasteiger partial charge is 0.0931 e. The molecule has 0 spiro atoms. The van der Waals surface area contributed by atoms with Crippen LogP contribution in [0, 0.1) is 0 Å². The van der Waals surface area contributed by atoms with E-state index in [9.17, 15) is 0 Å². The molecule has 4 heteroatoms. The van der Waals surface area contributed by atoms with Crippen LogP contribution in [0.1, 0.15) is 57.4 Å². The first-order chi connectivity index (χ1) is 9.08. The molecule has 0 amide bonds. The van der Waals surface area contributed by atoms with E-state index in [1.807, 2.05) is 6.07 Å². The Kier molecular flexibility index (Phi) is 5.29. The molecule has 1 saturated heterocycles. The van der Waals surface area contributed by atoms with Gasteiger partial charge in [0.1, 0.15) is 0 Å². The molecular formula is C15H25ClN2S. The van der Waals surface area contributed by atoms with Crippen LogP contribution in [0.25, 0.3) is 0 Å². The lowest BCUT2D eigenvalue weighted by molar-refractivity contribution is 0.114. The van der Waals surface area contributed by atoms with Gasteiger partial charge in [0.25, 0.3) is 0 Å². The van der Waals surface area contributed by atoms with Crippen LogP contribution >= 0.6 is 22.9 Å². The maximum absolute atomic E-state index is 6.44. The topological polar surface area (TPSA) is 29.3 Å². The van der Waals surface area contributed by atoms with Crippen molar-refractivity contribution >= 4 is 22.9 Å². The van der Waals surface area contributed by atoms with Gasteiger partial charge in [-0.1, -0.05) is 25.4 Å². The fourth-order valence-electron chi connectivity index (χ4n) is 3.30. The molecular weight excluding hydrogens is 276 g/mol. The highest BCUT2D eigenvalue weighted by atomic mass is 35.5. The van der Waals surface area contributed by atoms with Crippen molar-refractivity contribution in [3.8, 4) is 0 Å². The summed E-state index contributed by atoms with van der Waals surface area (Å²) in [6, 6.07) is 5.95. The highest BCUT2D eigenvalue weighted by Crippen LogP contribution is 2.40. The molecule has 108 valence electrons. The largest absolute Gasteiger partial charge is 0.326 e. The minimum absolute atomic E-state index is 0.185. The summed E-state index contributed by atoms with van der Waals surface area (Å²) < 4.78 is 0.864. The Morgan fingerprint density at radius 3 is 2.68 bits per heavy atom. The first-order valence-corrected chi connectivity index (χ1v) is 8.56. The summed E-state index contributed by atoms with van der Waals surface area (Å²) in [6.07, 6.45) is 4.78. The second-order valence-electron chi connectivity index (χ2n) is 5.59. The Labute approximate surface area is 125 Å². The van der Waals surface area contributed by atoms with E-state index < -0.39 is 0 Å². The third-order valence-corrected chi connectivity index (χ3v) is 5.70. The molecule has 4 atom stereocenters. The van der Waals surface area contributed by atoms with Crippen molar-refractivity contribution in [2.45, 2.75) is 70.6 Å². The molecule has 0 bridgehead atoms. The summed E-state index contributed by atoms with van der Waals surface area (Å²) in [7, 11) is 0. The van der Waals surface area contributed by atoms with Crippen LogP contribution in [-0.2, 0) is 0 Å². The number of nitrogens with zero attached hydrogens (tertiary/aromatic N) is 1. The van der Waals surface area contributed by atoms with Crippen molar-refractivity contribution < 1.29 is 0 Å². The standard InChI is InChI=1S/C15H25ClN2S/c1-4-11-7-6-10(3)18(11)15(12(17)5-2)13-8-9-14(16)19-13/h8-12,15H,4-7,17H2,1-3H3. The zero-order valence-corrected chi connectivity index (χ0v) is 13.7. The van der Waals surface area contributed by atoms with Crippen LogP contribution in [0.15, 0.2) is 12.1 Å². The minimum atomic E-state index is 0.185. The van der Waals surface area contributed by atoms with Crippen LogP contribution in [-0.4, -0.2) is 23.0 Å². The van der Waals surface area contributed by atoms with E-state index in [1.165, 1.54) is 24.1 Å². The average Bonchev–Trinajstić information content (AvgIpc) is 2.97. The van der Waals surface area contributed by atoms with Gasteiger partial charge in [-0.15, -0.1) is 11.3 Å². The van der Waals surface area contributed by atoms with Crippen LogP contribution in [0.5, 0.6) is 0 Å².